The zero-order valence-corrected chi connectivity index (χ0v) is 4.69. The first-order chi connectivity index (χ1) is 3.00. The van der Waals surface area contributed by atoms with Crippen LogP contribution in [0.4, 0.5) is 0 Å². The van der Waals surface area contributed by atoms with E-state index in [0.717, 1.165) is 0 Å². The molecule has 0 aromatic heterocycles. The van der Waals surface area contributed by atoms with Crippen molar-refractivity contribution in [2.24, 2.45) is 0 Å². The standard InChI is InChI=1S/C6H5.Ni/c1-2-4-6-5-3-1;/h1-5H;/q-1;+2. The van der Waals surface area contributed by atoms with Gasteiger partial charge in [-0.25, -0.2) is 0 Å². The Hall–Kier alpha value is -0.286. The summed E-state index contributed by atoms with van der Waals surface area (Å²) in [6, 6.07) is 12.5. The van der Waals surface area contributed by atoms with Gasteiger partial charge in [0.05, 0.1) is 0 Å². The molecule has 7 heavy (non-hydrogen) atoms. The molecule has 0 saturated carbocycles. The van der Waals surface area contributed by atoms with Crippen LogP contribution in [-0.4, -0.2) is 0 Å². The molecule has 0 nitrogen and oxygen atoms in total. The molecule has 0 aliphatic carbocycles. The van der Waals surface area contributed by atoms with Crippen molar-refractivity contribution in [3.05, 3.63) is 36.4 Å². The van der Waals surface area contributed by atoms with Crippen LogP contribution in [0.3, 0.4) is 0 Å². The molecule has 0 fully saturated rings. The van der Waals surface area contributed by atoms with E-state index in [9.17, 15) is 0 Å². The summed E-state index contributed by atoms with van der Waals surface area (Å²) in [5.74, 6) is 0. The normalized spacial score (nSPS) is 6.86. The Labute approximate surface area is 53.5 Å². The molecule has 1 rings (SSSR count). The summed E-state index contributed by atoms with van der Waals surface area (Å²) < 4.78 is 0. The molecule has 0 aliphatic heterocycles. The van der Waals surface area contributed by atoms with Gasteiger partial charge in [-0.05, 0) is 0 Å². The fraction of sp³-hybridized carbons (Fsp3) is 0. The van der Waals surface area contributed by atoms with Crippen LogP contribution in [0.25, 0.3) is 0 Å². The van der Waals surface area contributed by atoms with Crippen molar-refractivity contribution in [1.82, 2.24) is 0 Å². The van der Waals surface area contributed by atoms with Crippen LogP contribution < -0.4 is 0 Å². The third-order valence-corrected chi connectivity index (χ3v) is 0.607. The number of rotatable bonds is 0. The minimum atomic E-state index is 0. The Bertz CT molecular complexity index is 76.1. The smallest absolute Gasteiger partial charge is 0.184 e. The molecule has 0 N–H and O–H groups in total. The van der Waals surface area contributed by atoms with Crippen molar-refractivity contribution in [3.8, 4) is 0 Å². The van der Waals surface area contributed by atoms with Crippen LogP contribution in [0.1, 0.15) is 0 Å². The molecule has 38 valence electrons. The van der Waals surface area contributed by atoms with E-state index in [-0.39, 0.29) is 16.5 Å². The fourth-order valence-electron chi connectivity index (χ4n) is 0.342. The molecular formula is C6H5Ni+. The van der Waals surface area contributed by atoms with Gasteiger partial charge < -0.3 is 0 Å². The summed E-state index contributed by atoms with van der Waals surface area (Å²) in [5.41, 5.74) is 0. The van der Waals surface area contributed by atoms with Gasteiger partial charge in [0, 0.05) is 0 Å². The van der Waals surface area contributed by atoms with Crippen molar-refractivity contribution >= 4 is 0 Å². The monoisotopic (exact) mass is 135 g/mol. The average Bonchev–Trinajstić information content (AvgIpc) is 1.72. The molecule has 0 amide bonds. The summed E-state index contributed by atoms with van der Waals surface area (Å²) in [4.78, 5) is 0. The van der Waals surface area contributed by atoms with Crippen molar-refractivity contribution in [2.45, 2.75) is 0 Å². The van der Waals surface area contributed by atoms with Gasteiger partial charge in [0.1, 0.15) is 0 Å². The van der Waals surface area contributed by atoms with Gasteiger partial charge in [0.25, 0.3) is 0 Å². The second-order valence-electron chi connectivity index (χ2n) is 1.08. The second-order valence-corrected chi connectivity index (χ2v) is 1.08. The van der Waals surface area contributed by atoms with Gasteiger partial charge >= 0.3 is 16.5 Å². The molecule has 1 aromatic rings. The van der Waals surface area contributed by atoms with Gasteiger partial charge in [0.15, 0.2) is 0 Å². The van der Waals surface area contributed by atoms with Crippen molar-refractivity contribution in [1.29, 1.82) is 0 Å². The van der Waals surface area contributed by atoms with Crippen molar-refractivity contribution in [3.63, 3.8) is 0 Å². The van der Waals surface area contributed by atoms with Crippen molar-refractivity contribution in [2.75, 3.05) is 0 Å². The zero-order valence-electron chi connectivity index (χ0n) is 3.70. The van der Waals surface area contributed by atoms with Gasteiger partial charge in [-0.1, -0.05) is 0 Å². The SMILES string of the molecule is [Ni+2].[c-]1ccccc1. The van der Waals surface area contributed by atoms with E-state index >= 15 is 0 Å². The van der Waals surface area contributed by atoms with E-state index in [4.69, 9.17) is 0 Å². The Kier molecular flexibility index (Phi) is 3.73. The van der Waals surface area contributed by atoms with E-state index < -0.39 is 0 Å². The van der Waals surface area contributed by atoms with Crippen LogP contribution in [0, 0.1) is 6.07 Å². The molecule has 0 bridgehead atoms. The van der Waals surface area contributed by atoms with Crippen LogP contribution in [0.5, 0.6) is 0 Å². The van der Waals surface area contributed by atoms with Crippen LogP contribution in [0.15, 0.2) is 30.3 Å². The number of hydrogen-bond acceptors (Lipinski definition) is 0. The predicted molar refractivity (Wildman–Crippen MR) is 25.3 cm³/mol. The topological polar surface area (TPSA) is 0 Å². The fourth-order valence-corrected chi connectivity index (χ4v) is 0.342. The maximum Gasteiger partial charge on any atom is 2.00 e. The summed E-state index contributed by atoms with van der Waals surface area (Å²) in [6.07, 6.45) is 0. The van der Waals surface area contributed by atoms with E-state index in [1.807, 2.05) is 30.3 Å². The van der Waals surface area contributed by atoms with Gasteiger partial charge in [-0.3, -0.25) is 0 Å². The molecule has 0 aliphatic rings. The maximum atomic E-state index is 2.89. The first-order valence-corrected chi connectivity index (χ1v) is 1.91. The average molecular weight is 136 g/mol. The molecule has 1 heteroatoms. The van der Waals surface area contributed by atoms with Gasteiger partial charge in [-0.15, -0.1) is 0 Å². The van der Waals surface area contributed by atoms with E-state index in [2.05, 4.69) is 6.07 Å². The third kappa shape index (κ3) is 2.41. The Morgan fingerprint density at radius 1 is 0.857 bits per heavy atom. The second kappa shape index (κ2) is 3.89. The van der Waals surface area contributed by atoms with Gasteiger partial charge in [0.2, 0.25) is 0 Å². The summed E-state index contributed by atoms with van der Waals surface area (Å²) in [7, 11) is 0. The maximum absolute atomic E-state index is 2.89. The predicted octanol–water partition coefficient (Wildman–Crippen LogP) is 1.48. The minimum absolute atomic E-state index is 0. The molecular weight excluding hydrogens is 131 g/mol. The van der Waals surface area contributed by atoms with Crippen LogP contribution in [-0.2, 0) is 16.5 Å². The number of hydrogen-bond donors (Lipinski definition) is 0. The molecule has 0 spiro atoms. The number of benzene rings is 1. The molecule has 0 heterocycles. The molecule has 0 unspecified atom stereocenters. The molecule has 0 radical (unpaired) electrons. The Morgan fingerprint density at radius 2 is 1.43 bits per heavy atom. The van der Waals surface area contributed by atoms with E-state index in [1.54, 1.807) is 0 Å². The summed E-state index contributed by atoms with van der Waals surface area (Å²) in [6.45, 7) is 0. The van der Waals surface area contributed by atoms with Crippen LogP contribution >= 0.6 is 0 Å². The third-order valence-electron chi connectivity index (χ3n) is 0.607. The zero-order chi connectivity index (χ0) is 4.24. The van der Waals surface area contributed by atoms with Gasteiger partial charge in [-0.2, -0.15) is 36.4 Å². The summed E-state index contributed by atoms with van der Waals surface area (Å²) >= 11 is 0. The first-order valence-electron chi connectivity index (χ1n) is 1.91. The first kappa shape index (κ1) is 6.71. The molecule has 0 saturated heterocycles. The Balaban J connectivity index is 0.000000360. The quantitative estimate of drug-likeness (QED) is 0.374. The minimum Gasteiger partial charge on any atom is -0.184 e. The largest absolute Gasteiger partial charge is 2.00 e. The molecule has 0 atom stereocenters. The molecule has 1 aromatic carbocycles. The van der Waals surface area contributed by atoms with E-state index in [0.29, 0.717) is 0 Å². The summed E-state index contributed by atoms with van der Waals surface area (Å²) in [5, 5.41) is 0. The van der Waals surface area contributed by atoms with Crippen molar-refractivity contribution < 1.29 is 16.5 Å². The Morgan fingerprint density at radius 3 is 1.57 bits per heavy atom. The van der Waals surface area contributed by atoms with E-state index in [1.165, 1.54) is 0 Å². The van der Waals surface area contributed by atoms with Crippen LogP contribution in [0.2, 0.25) is 0 Å².